The highest BCUT2D eigenvalue weighted by Crippen LogP contribution is 2.24. The second kappa shape index (κ2) is 11.7. The van der Waals surface area contributed by atoms with Crippen LogP contribution in [-0.2, 0) is 20.8 Å². The molecule has 1 aromatic heterocycles. The number of carbonyl (C=O) groups excluding carboxylic acids is 2. The third-order valence-electron chi connectivity index (χ3n) is 3.73. The molecule has 0 radical (unpaired) electrons. The second-order valence-electron chi connectivity index (χ2n) is 5.93. The van der Waals surface area contributed by atoms with E-state index in [9.17, 15) is 19.5 Å². The number of H-pyrrole nitrogens is 1. The van der Waals surface area contributed by atoms with Gasteiger partial charge in [0.2, 0.25) is 0 Å². The maximum atomic E-state index is 11.2. The van der Waals surface area contributed by atoms with Crippen molar-refractivity contribution in [1.82, 2.24) is 4.98 Å². The first-order valence-corrected chi connectivity index (χ1v) is 8.89. The minimum atomic E-state index is -1.12. The standard InChI is InChI=1S/C13H16N2O2.C6H10O4/c1-2-13(16)17-10-3-4-12-11(7-10)9(5-6-14)8-15-12;7-5(8)3-1-2-4-6(9)10/h3-4,7-8,15H,2,5-6,14H2,1H3;1-4H2,(H,7,8)(H,9,10). The molecule has 2 rings (SSSR count). The Morgan fingerprint density at radius 2 is 1.93 bits per heavy atom. The van der Waals surface area contributed by atoms with E-state index in [2.05, 4.69) is 10.7 Å². The Balaban J connectivity index is 0.000000314. The van der Waals surface area contributed by atoms with Crippen molar-refractivity contribution in [1.29, 1.82) is 0 Å². The molecule has 0 aliphatic carbocycles. The number of rotatable bonds is 9. The molecule has 0 fully saturated rings. The Labute approximate surface area is 157 Å². The number of benzene rings is 1. The molecule has 0 saturated heterocycles. The van der Waals surface area contributed by atoms with Crippen LogP contribution in [0, 0.1) is 0 Å². The number of fused-ring (bicyclic) bond motifs is 1. The van der Waals surface area contributed by atoms with E-state index in [1.807, 2.05) is 18.3 Å². The Kier molecular flexibility index (Phi) is 9.60. The summed E-state index contributed by atoms with van der Waals surface area (Å²) in [5.41, 5.74) is 6.12. The SMILES string of the molecule is CCC(=O)Oc1ccc2[nH]cc(CC[NH3+])c2c1.O=C([O-])CCCCC(=O)O. The molecule has 0 aliphatic heterocycles. The number of carboxylic acids is 2. The summed E-state index contributed by atoms with van der Waals surface area (Å²) in [6.45, 7) is 2.64. The van der Waals surface area contributed by atoms with E-state index in [0.29, 0.717) is 25.0 Å². The number of quaternary nitrogens is 1. The van der Waals surface area contributed by atoms with Crippen molar-refractivity contribution in [3.8, 4) is 5.75 Å². The van der Waals surface area contributed by atoms with Crippen LogP contribution in [0.5, 0.6) is 5.75 Å². The van der Waals surface area contributed by atoms with E-state index in [1.54, 1.807) is 13.0 Å². The third kappa shape index (κ3) is 8.37. The largest absolute Gasteiger partial charge is 0.550 e. The molecule has 8 nitrogen and oxygen atoms in total. The minimum absolute atomic E-state index is 0.0350. The highest BCUT2D eigenvalue weighted by atomic mass is 16.5. The predicted molar refractivity (Wildman–Crippen MR) is 96.8 cm³/mol. The van der Waals surface area contributed by atoms with Crippen LogP contribution in [0.25, 0.3) is 10.9 Å². The van der Waals surface area contributed by atoms with Gasteiger partial charge in [-0.2, -0.15) is 0 Å². The molecule has 0 saturated carbocycles. The first kappa shape index (κ1) is 22.2. The topological polar surface area (TPSA) is 147 Å². The number of hydrogen-bond acceptors (Lipinski definition) is 5. The van der Waals surface area contributed by atoms with E-state index < -0.39 is 11.9 Å². The van der Waals surface area contributed by atoms with Gasteiger partial charge in [0.05, 0.1) is 6.54 Å². The fourth-order valence-electron chi connectivity index (χ4n) is 2.37. The average Bonchev–Trinajstić information content (AvgIpc) is 3.02. The van der Waals surface area contributed by atoms with Gasteiger partial charge < -0.3 is 30.5 Å². The average molecular weight is 378 g/mol. The van der Waals surface area contributed by atoms with Crippen molar-refractivity contribution in [2.75, 3.05) is 6.54 Å². The van der Waals surface area contributed by atoms with Crippen molar-refractivity contribution in [3.05, 3.63) is 30.0 Å². The predicted octanol–water partition coefficient (Wildman–Crippen LogP) is 0.649. The van der Waals surface area contributed by atoms with Crippen molar-refractivity contribution in [3.63, 3.8) is 0 Å². The normalized spacial score (nSPS) is 10.1. The molecule has 0 unspecified atom stereocenters. The highest BCUT2D eigenvalue weighted by Gasteiger charge is 2.07. The Hall–Kier alpha value is -2.87. The first-order valence-electron chi connectivity index (χ1n) is 8.89. The molecule has 2 aromatic rings. The van der Waals surface area contributed by atoms with Crippen LogP contribution in [0.3, 0.4) is 0 Å². The molecule has 148 valence electrons. The van der Waals surface area contributed by atoms with Gasteiger partial charge in [-0.3, -0.25) is 9.59 Å². The van der Waals surface area contributed by atoms with Gasteiger partial charge in [-0.15, -0.1) is 0 Å². The van der Waals surface area contributed by atoms with Crippen molar-refractivity contribution < 1.29 is 35.1 Å². The van der Waals surface area contributed by atoms with E-state index in [0.717, 1.165) is 23.9 Å². The summed E-state index contributed by atoms with van der Waals surface area (Å²) in [5, 5.41) is 19.0. The smallest absolute Gasteiger partial charge is 0.310 e. The molecule has 0 spiro atoms. The molecule has 0 atom stereocenters. The Bertz CT molecular complexity index is 753. The maximum Gasteiger partial charge on any atom is 0.310 e. The number of unbranched alkanes of at least 4 members (excludes halogenated alkanes) is 1. The molecular weight excluding hydrogens is 352 g/mol. The number of carbonyl (C=O) groups is 3. The summed E-state index contributed by atoms with van der Waals surface area (Å²) < 4.78 is 5.21. The van der Waals surface area contributed by atoms with Crippen LogP contribution in [0.1, 0.15) is 44.6 Å². The summed E-state index contributed by atoms with van der Waals surface area (Å²) in [6, 6.07) is 5.64. The zero-order valence-electron chi connectivity index (χ0n) is 15.5. The number of ether oxygens (including phenoxy) is 1. The van der Waals surface area contributed by atoms with Crippen molar-refractivity contribution >= 4 is 28.8 Å². The second-order valence-corrected chi connectivity index (χ2v) is 5.93. The van der Waals surface area contributed by atoms with E-state index >= 15 is 0 Å². The van der Waals surface area contributed by atoms with Crippen molar-refractivity contribution in [2.24, 2.45) is 0 Å². The summed E-state index contributed by atoms with van der Waals surface area (Å²) in [6.07, 6.45) is 4.07. The van der Waals surface area contributed by atoms with Gasteiger partial charge >= 0.3 is 11.9 Å². The number of nitrogens with one attached hydrogen (secondary N) is 1. The lowest BCUT2D eigenvalue weighted by Gasteiger charge is -2.03. The zero-order valence-corrected chi connectivity index (χ0v) is 15.5. The molecule has 0 amide bonds. The maximum absolute atomic E-state index is 11.2. The quantitative estimate of drug-likeness (QED) is 0.331. The molecule has 5 N–H and O–H groups in total. The van der Waals surface area contributed by atoms with Crippen LogP contribution >= 0.6 is 0 Å². The first-order chi connectivity index (χ1) is 12.9. The minimum Gasteiger partial charge on any atom is -0.550 e. The number of carboxylic acid groups (broad SMARTS) is 2. The Morgan fingerprint density at radius 3 is 2.52 bits per heavy atom. The van der Waals surface area contributed by atoms with Gasteiger partial charge in [0, 0.05) is 42.3 Å². The van der Waals surface area contributed by atoms with Gasteiger partial charge in [0.1, 0.15) is 5.75 Å². The Morgan fingerprint density at radius 1 is 1.22 bits per heavy atom. The number of aliphatic carboxylic acids is 2. The molecule has 0 bridgehead atoms. The highest BCUT2D eigenvalue weighted by molar-refractivity contribution is 5.85. The van der Waals surface area contributed by atoms with Crippen LogP contribution in [0.4, 0.5) is 0 Å². The molecular formula is C19H26N2O6. The van der Waals surface area contributed by atoms with Gasteiger partial charge in [0.15, 0.2) is 0 Å². The fourth-order valence-corrected chi connectivity index (χ4v) is 2.37. The number of hydrogen-bond donors (Lipinski definition) is 3. The fraction of sp³-hybridized carbons (Fsp3) is 0.421. The van der Waals surface area contributed by atoms with Crippen LogP contribution in [0.15, 0.2) is 24.4 Å². The van der Waals surface area contributed by atoms with Gasteiger partial charge in [0.25, 0.3) is 0 Å². The molecule has 8 heteroatoms. The molecule has 1 heterocycles. The number of esters is 1. The van der Waals surface area contributed by atoms with Crippen LogP contribution in [0.2, 0.25) is 0 Å². The van der Waals surface area contributed by atoms with Crippen molar-refractivity contribution in [2.45, 2.75) is 45.4 Å². The lowest BCUT2D eigenvalue weighted by atomic mass is 10.1. The van der Waals surface area contributed by atoms with Gasteiger partial charge in [-0.05, 0) is 43.0 Å². The third-order valence-corrected chi connectivity index (χ3v) is 3.73. The van der Waals surface area contributed by atoms with Crippen LogP contribution in [-0.4, -0.2) is 34.5 Å². The van der Waals surface area contributed by atoms with E-state index in [4.69, 9.17) is 9.84 Å². The molecule has 0 aliphatic rings. The zero-order chi connectivity index (χ0) is 20.2. The summed E-state index contributed by atoms with van der Waals surface area (Å²) in [4.78, 5) is 34.1. The van der Waals surface area contributed by atoms with E-state index in [1.165, 1.54) is 5.56 Å². The molecule has 1 aromatic carbocycles. The van der Waals surface area contributed by atoms with Crippen LogP contribution < -0.4 is 15.6 Å². The summed E-state index contributed by atoms with van der Waals surface area (Å²) >= 11 is 0. The molecule has 27 heavy (non-hydrogen) atoms. The van der Waals surface area contributed by atoms with E-state index in [-0.39, 0.29) is 18.8 Å². The lowest BCUT2D eigenvalue weighted by molar-refractivity contribution is -0.366. The van der Waals surface area contributed by atoms with Gasteiger partial charge in [-0.1, -0.05) is 6.92 Å². The number of aromatic amines is 1. The van der Waals surface area contributed by atoms with Gasteiger partial charge in [-0.25, -0.2) is 0 Å². The summed E-state index contributed by atoms with van der Waals surface area (Å²) in [5.74, 6) is -1.61. The number of aromatic nitrogens is 1. The summed E-state index contributed by atoms with van der Waals surface area (Å²) in [7, 11) is 0. The monoisotopic (exact) mass is 378 g/mol. The lowest BCUT2D eigenvalue weighted by Crippen LogP contribution is -2.51.